The fourth-order valence-electron chi connectivity index (χ4n) is 2.14. The highest BCUT2D eigenvalue weighted by Crippen LogP contribution is 2.40. The molecule has 0 bridgehead atoms. The third-order valence-corrected chi connectivity index (χ3v) is 3.24. The molecule has 0 aromatic heterocycles. The summed E-state index contributed by atoms with van der Waals surface area (Å²) >= 11 is 0. The number of hydrogen-bond acceptors (Lipinski definition) is 7. The number of hydrogen-bond donors (Lipinski definition) is 0. The molecule has 0 aliphatic carbocycles. The van der Waals surface area contributed by atoms with E-state index in [9.17, 15) is 20.2 Å². The molecule has 0 unspecified atom stereocenters. The molecule has 21 heavy (non-hydrogen) atoms. The van der Waals surface area contributed by atoms with Crippen molar-refractivity contribution in [1.82, 2.24) is 0 Å². The average Bonchev–Trinajstić information content (AvgIpc) is 2.99. The quantitative estimate of drug-likeness (QED) is 0.604. The summed E-state index contributed by atoms with van der Waals surface area (Å²) in [5.41, 5.74) is -0.404. The van der Waals surface area contributed by atoms with Gasteiger partial charge in [-0.05, 0) is 6.92 Å². The highest BCUT2D eigenvalue weighted by Gasteiger charge is 2.32. The summed E-state index contributed by atoms with van der Waals surface area (Å²) in [5.74, 6) is 0. The van der Waals surface area contributed by atoms with Crippen molar-refractivity contribution in [2.45, 2.75) is 13.2 Å². The Morgan fingerprint density at radius 3 is 2.05 bits per heavy atom. The third-order valence-electron chi connectivity index (χ3n) is 3.24. The Kier molecular flexibility index (Phi) is 4.34. The van der Waals surface area contributed by atoms with E-state index in [4.69, 9.17) is 9.47 Å². The molecule has 0 radical (unpaired) electrons. The summed E-state index contributed by atoms with van der Waals surface area (Å²) in [5, 5.41) is 22.5. The van der Waals surface area contributed by atoms with E-state index in [0.717, 1.165) is 0 Å². The van der Waals surface area contributed by atoms with E-state index in [1.165, 1.54) is 17.0 Å². The van der Waals surface area contributed by atoms with Gasteiger partial charge in [-0.2, -0.15) is 0 Å². The highest BCUT2D eigenvalue weighted by molar-refractivity contribution is 5.76. The second kappa shape index (κ2) is 6.02. The van der Waals surface area contributed by atoms with Gasteiger partial charge in [-0.3, -0.25) is 20.2 Å². The van der Waals surface area contributed by atoms with Gasteiger partial charge in [-0.1, -0.05) is 0 Å². The van der Waals surface area contributed by atoms with Crippen LogP contribution >= 0.6 is 0 Å². The highest BCUT2D eigenvalue weighted by atomic mass is 16.7. The largest absolute Gasteiger partial charge is 0.364 e. The normalized spacial score (nSPS) is 15.1. The fraction of sp³-hybridized carbons (Fsp3) is 0.500. The number of nitrogens with zero attached hydrogens (tertiary/aromatic N) is 3. The predicted molar refractivity (Wildman–Crippen MR) is 73.3 cm³/mol. The van der Waals surface area contributed by atoms with Crippen LogP contribution in [0.15, 0.2) is 12.1 Å². The molecule has 1 aromatic rings. The maximum Gasteiger partial charge on any atom is 0.300 e. The minimum atomic E-state index is -0.802. The maximum atomic E-state index is 11.3. The van der Waals surface area contributed by atoms with Crippen molar-refractivity contribution in [1.29, 1.82) is 0 Å². The molecule has 1 fully saturated rings. The van der Waals surface area contributed by atoms with Gasteiger partial charge in [0, 0.05) is 31.3 Å². The number of nitro groups is 2. The second-order valence-corrected chi connectivity index (χ2v) is 4.51. The molecule has 0 amide bonds. The molecule has 2 rings (SSSR count). The first kappa shape index (κ1) is 15.1. The van der Waals surface area contributed by atoms with Crippen LogP contribution in [0.2, 0.25) is 0 Å². The van der Waals surface area contributed by atoms with Crippen molar-refractivity contribution in [3.63, 3.8) is 0 Å². The Labute approximate surface area is 120 Å². The van der Waals surface area contributed by atoms with E-state index < -0.39 is 16.1 Å². The van der Waals surface area contributed by atoms with Crippen molar-refractivity contribution in [2.75, 3.05) is 31.7 Å². The Hall–Kier alpha value is -2.26. The van der Waals surface area contributed by atoms with Crippen molar-refractivity contribution >= 4 is 17.1 Å². The van der Waals surface area contributed by atoms with Crippen molar-refractivity contribution in [2.24, 2.45) is 0 Å². The van der Waals surface area contributed by atoms with E-state index in [1.807, 2.05) is 0 Å². The van der Waals surface area contributed by atoms with Crippen molar-refractivity contribution in [3.8, 4) is 0 Å². The van der Waals surface area contributed by atoms with Crippen LogP contribution in [0.1, 0.15) is 18.8 Å². The number of anilines is 1. The van der Waals surface area contributed by atoms with E-state index >= 15 is 0 Å². The van der Waals surface area contributed by atoms with Crippen LogP contribution in [0, 0.1) is 20.2 Å². The first-order chi connectivity index (χ1) is 9.95. The molecule has 0 saturated carbocycles. The van der Waals surface area contributed by atoms with Crippen LogP contribution < -0.4 is 4.90 Å². The van der Waals surface area contributed by atoms with Crippen molar-refractivity contribution in [3.05, 3.63) is 37.9 Å². The van der Waals surface area contributed by atoms with Gasteiger partial charge in [0.05, 0.1) is 23.1 Å². The summed E-state index contributed by atoms with van der Waals surface area (Å²) < 4.78 is 10.5. The number of nitro benzene ring substituents is 2. The molecule has 1 aliphatic rings. The molecule has 9 heteroatoms. The zero-order valence-corrected chi connectivity index (χ0v) is 11.6. The Balaban J connectivity index is 2.62. The first-order valence-corrected chi connectivity index (χ1v) is 6.36. The molecule has 0 spiro atoms. The van der Waals surface area contributed by atoms with Crippen molar-refractivity contribution < 1.29 is 19.3 Å². The third kappa shape index (κ3) is 2.93. The van der Waals surface area contributed by atoms with Gasteiger partial charge in [0.2, 0.25) is 0 Å². The molecule has 0 atom stereocenters. The lowest BCUT2D eigenvalue weighted by Crippen LogP contribution is -2.19. The standard InChI is InChI=1S/C12H15N3O6/c1-3-13(2)11-9(14(16)17)6-8(7-10(11)15(18)19)12-20-4-5-21-12/h6-7,12H,3-5H2,1-2H3. The zero-order valence-electron chi connectivity index (χ0n) is 11.6. The maximum absolute atomic E-state index is 11.3. The smallest absolute Gasteiger partial charge is 0.300 e. The van der Waals surface area contributed by atoms with Gasteiger partial charge in [0.1, 0.15) is 0 Å². The lowest BCUT2D eigenvalue weighted by atomic mass is 10.1. The van der Waals surface area contributed by atoms with Crippen LogP contribution in [-0.4, -0.2) is 36.7 Å². The SMILES string of the molecule is CCN(C)c1c([N+](=O)[O-])cc(C2OCCO2)cc1[N+](=O)[O-]. The summed E-state index contributed by atoms with van der Waals surface area (Å²) in [6, 6.07) is 2.54. The van der Waals surface area contributed by atoms with Gasteiger partial charge < -0.3 is 14.4 Å². The molecule has 1 aromatic carbocycles. The molecular formula is C12H15N3O6. The first-order valence-electron chi connectivity index (χ1n) is 6.36. The number of ether oxygens (including phenoxy) is 2. The lowest BCUT2D eigenvalue weighted by Gasteiger charge is -2.18. The van der Waals surface area contributed by atoms with Gasteiger partial charge in [0.15, 0.2) is 12.0 Å². The number of benzene rings is 1. The summed E-state index contributed by atoms with van der Waals surface area (Å²) in [7, 11) is 1.57. The Bertz CT molecular complexity index is 535. The van der Waals surface area contributed by atoms with E-state index in [1.54, 1.807) is 14.0 Å². The van der Waals surface area contributed by atoms with Crippen LogP contribution in [0.5, 0.6) is 0 Å². The van der Waals surface area contributed by atoms with E-state index in [-0.39, 0.29) is 22.6 Å². The molecule has 1 heterocycles. The monoisotopic (exact) mass is 297 g/mol. The van der Waals surface area contributed by atoms with E-state index in [0.29, 0.717) is 19.8 Å². The van der Waals surface area contributed by atoms with Crippen LogP contribution in [0.25, 0.3) is 0 Å². The Morgan fingerprint density at radius 2 is 1.67 bits per heavy atom. The molecule has 1 saturated heterocycles. The minimum Gasteiger partial charge on any atom is -0.364 e. The number of rotatable bonds is 5. The summed E-state index contributed by atoms with van der Waals surface area (Å²) in [6.45, 7) is 2.85. The molecule has 114 valence electrons. The summed E-state index contributed by atoms with van der Waals surface area (Å²) in [6.07, 6.45) is -0.802. The summed E-state index contributed by atoms with van der Waals surface area (Å²) in [4.78, 5) is 22.7. The Morgan fingerprint density at radius 1 is 1.19 bits per heavy atom. The van der Waals surface area contributed by atoms with Gasteiger partial charge in [-0.25, -0.2) is 0 Å². The molecular weight excluding hydrogens is 282 g/mol. The zero-order chi connectivity index (χ0) is 15.6. The average molecular weight is 297 g/mol. The fourth-order valence-corrected chi connectivity index (χ4v) is 2.14. The van der Waals surface area contributed by atoms with Crippen LogP contribution in [0.4, 0.5) is 17.1 Å². The van der Waals surface area contributed by atoms with Gasteiger partial charge in [-0.15, -0.1) is 0 Å². The van der Waals surface area contributed by atoms with Crippen LogP contribution in [-0.2, 0) is 9.47 Å². The molecule has 0 N–H and O–H groups in total. The lowest BCUT2D eigenvalue weighted by molar-refractivity contribution is -0.392. The van der Waals surface area contributed by atoms with Gasteiger partial charge >= 0.3 is 0 Å². The van der Waals surface area contributed by atoms with E-state index in [2.05, 4.69) is 0 Å². The van der Waals surface area contributed by atoms with Gasteiger partial charge in [0.25, 0.3) is 11.4 Å². The molecule has 1 aliphatic heterocycles. The topological polar surface area (TPSA) is 108 Å². The minimum absolute atomic E-state index is 0.0192. The molecule has 9 nitrogen and oxygen atoms in total. The predicted octanol–water partition coefficient (Wildman–Crippen LogP) is 2.00. The second-order valence-electron chi connectivity index (χ2n) is 4.51. The van der Waals surface area contributed by atoms with Crippen LogP contribution in [0.3, 0.4) is 0 Å².